The summed E-state index contributed by atoms with van der Waals surface area (Å²) in [5, 5.41) is 14.6. The smallest absolute Gasteiger partial charge is 0.227 e. The molecule has 3 rings (SSSR count). The van der Waals surface area contributed by atoms with Gasteiger partial charge in [-0.25, -0.2) is 4.98 Å². The molecule has 0 saturated heterocycles. The van der Waals surface area contributed by atoms with Gasteiger partial charge in [0.15, 0.2) is 5.13 Å². The summed E-state index contributed by atoms with van der Waals surface area (Å²) < 4.78 is 0. The van der Waals surface area contributed by atoms with Crippen molar-refractivity contribution in [3.8, 4) is 17.3 Å². The lowest BCUT2D eigenvalue weighted by molar-refractivity contribution is -0.122. The van der Waals surface area contributed by atoms with Gasteiger partial charge in [-0.15, -0.1) is 11.3 Å². The molecule has 2 aromatic carbocycles. The molecular formula is C22H19ClN4O2S. The van der Waals surface area contributed by atoms with E-state index in [1.54, 1.807) is 17.0 Å². The molecular weight excluding hydrogens is 420 g/mol. The van der Waals surface area contributed by atoms with Gasteiger partial charge in [-0.1, -0.05) is 41.9 Å². The van der Waals surface area contributed by atoms with E-state index in [0.717, 1.165) is 11.3 Å². The van der Waals surface area contributed by atoms with Crippen LogP contribution in [0.4, 0.5) is 10.8 Å². The third-order valence-corrected chi connectivity index (χ3v) is 5.28. The van der Waals surface area contributed by atoms with Gasteiger partial charge in [-0.2, -0.15) is 5.26 Å². The first-order valence-corrected chi connectivity index (χ1v) is 10.6. The molecule has 0 unspecified atom stereocenters. The number of nitriles is 1. The highest BCUT2D eigenvalue weighted by Gasteiger charge is 2.17. The Morgan fingerprint density at radius 3 is 2.53 bits per heavy atom. The van der Waals surface area contributed by atoms with Crippen LogP contribution in [0, 0.1) is 11.3 Å². The third kappa shape index (κ3) is 5.89. The molecule has 1 heterocycles. The summed E-state index contributed by atoms with van der Waals surface area (Å²) in [7, 11) is 0. The first kappa shape index (κ1) is 21.5. The Morgan fingerprint density at radius 1 is 1.10 bits per heavy atom. The lowest BCUT2D eigenvalue weighted by Gasteiger charge is -2.21. The molecule has 3 aromatic rings. The highest BCUT2D eigenvalue weighted by Crippen LogP contribution is 2.26. The minimum Gasteiger partial charge on any atom is -0.311 e. The summed E-state index contributed by atoms with van der Waals surface area (Å²) in [5.74, 6) is -0.485. The van der Waals surface area contributed by atoms with Crippen molar-refractivity contribution in [1.82, 2.24) is 4.98 Å². The number of benzene rings is 2. The Balaban J connectivity index is 1.56. The van der Waals surface area contributed by atoms with Gasteiger partial charge in [0.25, 0.3) is 0 Å². The van der Waals surface area contributed by atoms with E-state index in [2.05, 4.69) is 16.4 Å². The fourth-order valence-corrected chi connectivity index (χ4v) is 3.65. The molecule has 0 saturated carbocycles. The Kier molecular flexibility index (Phi) is 7.55. The Labute approximate surface area is 183 Å². The second-order valence-corrected chi connectivity index (χ2v) is 7.68. The molecule has 2 amide bonds. The molecule has 152 valence electrons. The van der Waals surface area contributed by atoms with Crippen LogP contribution in [0.15, 0.2) is 60.0 Å². The SMILES string of the molecule is N#CCCN(C(=O)CCC(=O)Nc1nc(-c2ccc(Cl)cc2)cs1)c1ccccc1. The molecule has 0 aliphatic carbocycles. The van der Waals surface area contributed by atoms with E-state index in [-0.39, 0.29) is 37.6 Å². The number of hydrogen-bond donors (Lipinski definition) is 1. The van der Waals surface area contributed by atoms with E-state index in [1.807, 2.05) is 47.8 Å². The monoisotopic (exact) mass is 438 g/mol. The van der Waals surface area contributed by atoms with Crippen molar-refractivity contribution < 1.29 is 9.59 Å². The van der Waals surface area contributed by atoms with Gasteiger partial charge in [0.1, 0.15) is 0 Å². The Morgan fingerprint density at radius 2 is 1.83 bits per heavy atom. The predicted octanol–water partition coefficient (Wildman–Crippen LogP) is 5.13. The average Bonchev–Trinajstić information content (AvgIpc) is 3.22. The zero-order valence-corrected chi connectivity index (χ0v) is 17.6. The van der Waals surface area contributed by atoms with Crippen LogP contribution in [0.2, 0.25) is 5.02 Å². The van der Waals surface area contributed by atoms with Crippen LogP contribution in [0.25, 0.3) is 11.3 Å². The van der Waals surface area contributed by atoms with Crippen molar-refractivity contribution >= 4 is 45.6 Å². The highest BCUT2D eigenvalue weighted by atomic mass is 35.5. The van der Waals surface area contributed by atoms with Gasteiger partial charge in [-0.3, -0.25) is 9.59 Å². The lowest BCUT2D eigenvalue weighted by atomic mass is 10.2. The quantitative estimate of drug-likeness (QED) is 0.528. The molecule has 30 heavy (non-hydrogen) atoms. The van der Waals surface area contributed by atoms with Crippen LogP contribution in [0.5, 0.6) is 0 Å². The number of halogens is 1. The lowest BCUT2D eigenvalue weighted by Crippen LogP contribution is -2.32. The van der Waals surface area contributed by atoms with Crippen LogP contribution < -0.4 is 10.2 Å². The van der Waals surface area contributed by atoms with Crippen LogP contribution >= 0.6 is 22.9 Å². The minimum atomic E-state index is -0.284. The Bertz CT molecular complexity index is 1050. The number of thiazole rings is 1. The minimum absolute atomic E-state index is 0.0323. The summed E-state index contributed by atoms with van der Waals surface area (Å²) in [6.07, 6.45) is 0.297. The second-order valence-electron chi connectivity index (χ2n) is 6.38. The number of carbonyl (C=O) groups is 2. The van der Waals surface area contributed by atoms with E-state index in [9.17, 15) is 9.59 Å². The van der Waals surface area contributed by atoms with Crippen molar-refractivity contribution in [3.63, 3.8) is 0 Å². The van der Waals surface area contributed by atoms with Gasteiger partial charge in [0.05, 0.1) is 18.2 Å². The van der Waals surface area contributed by atoms with E-state index < -0.39 is 0 Å². The first-order valence-electron chi connectivity index (χ1n) is 9.30. The number of para-hydroxylation sites is 1. The molecule has 0 spiro atoms. The number of rotatable bonds is 8. The number of carbonyl (C=O) groups excluding carboxylic acids is 2. The number of anilines is 2. The maximum Gasteiger partial charge on any atom is 0.227 e. The summed E-state index contributed by atoms with van der Waals surface area (Å²) in [6, 6.07) is 18.5. The van der Waals surface area contributed by atoms with Crippen molar-refractivity contribution in [2.75, 3.05) is 16.8 Å². The summed E-state index contributed by atoms with van der Waals surface area (Å²) in [5.41, 5.74) is 2.36. The maximum atomic E-state index is 12.6. The summed E-state index contributed by atoms with van der Waals surface area (Å²) in [4.78, 5) is 30.9. The van der Waals surface area contributed by atoms with E-state index >= 15 is 0 Å². The average molecular weight is 439 g/mol. The van der Waals surface area contributed by atoms with Gasteiger partial charge in [-0.05, 0) is 24.3 Å². The zero-order chi connectivity index (χ0) is 21.3. The molecule has 0 atom stereocenters. The van der Waals surface area contributed by atoms with Crippen LogP contribution in [0.1, 0.15) is 19.3 Å². The van der Waals surface area contributed by atoms with Crippen LogP contribution in [-0.4, -0.2) is 23.3 Å². The van der Waals surface area contributed by atoms with Crippen LogP contribution in [0.3, 0.4) is 0 Å². The fourth-order valence-electron chi connectivity index (χ4n) is 2.79. The highest BCUT2D eigenvalue weighted by molar-refractivity contribution is 7.14. The molecule has 0 radical (unpaired) electrons. The van der Waals surface area contributed by atoms with Crippen molar-refractivity contribution in [3.05, 3.63) is 65.0 Å². The standard InChI is InChI=1S/C22H19ClN4O2S/c23-17-9-7-16(8-10-17)19-15-30-22(25-19)26-20(28)11-12-21(29)27(14-4-13-24)18-5-2-1-3-6-18/h1-3,5-10,15H,4,11-12,14H2,(H,25,26,28). The van der Waals surface area contributed by atoms with Gasteiger partial charge in [0.2, 0.25) is 11.8 Å². The molecule has 1 aromatic heterocycles. The maximum absolute atomic E-state index is 12.6. The van der Waals surface area contributed by atoms with Gasteiger partial charge in [0, 0.05) is 41.0 Å². The fraction of sp³-hybridized carbons (Fsp3) is 0.182. The Hall–Kier alpha value is -3.21. The van der Waals surface area contributed by atoms with Crippen molar-refractivity contribution in [2.24, 2.45) is 0 Å². The third-order valence-electron chi connectivity index (χ3n) is 4.27. The topological polar surface area (TPSA) is 86.1 Å². The van der Waals surface area contributed by atoms with E-state index in [0.29, 0.717) is 15.8 Å². The number of nitrogens with zero attached hydrogens (tertiary/aromatic N) is 3. The van der Waals surface area contributed by atoms with Gasteiger partial charge >= 0.3 is 0 Å². The van der Waals surface area contributed by atoms with Gasteiger partial charge < -0.3 is 10.2 Å². The normalized spacial score (nSPS) is 10.3. The molecule has 0 bridgehead atoms. The van der Waals surface area contributed by atoms with Crippen molar-refractivity contribution in [2.45, 2.75) is 19.3 Å². The predicted molar refractivity (Wildman–Crippen MR) is 119 cm³/mol. The largest absolute Gasteiger partial charge is 0.311 e. The summed E-state index contributed by atoms with van der Waals surface area (Å²) >= 11 is 7.22. The molecule has 6 nitrogen and oxygen atoms in total. The molecule has 1 N–H and O–H groups in total. The van der Waals surface area contributed by atoms with E-state index in [1.165, 1.54) is 11.3 Å². The van der Waals surface area contributed by atoms with Crippen LogP contribution in [-0.2, 0) is 9.59 Å². The summed E-state index contributed by atoms with van der Waals surface area (Å²) in [6.45, 7) is 0.290. The first-order chi connectivity index (χ1) is 14.6. The van der Waals surface area contributed by atoms with E-state index in [4.69, 9.17) is 16.9 Å². The second kappa shape index (κ2) is 10.5. The molecule has 8 heteroatoms. The number of amides is 2. The molecule has 0 aliphatic rings. The number of nitrogens with one attached hydrogen (secondary N) is 1. The number of aromatic nitrogens is 1. The van der Waals surface area contributed by atoms with Crippen molar-refractivity contribution in [1.29, 1.82) is 5.26 Å². The zero-order valence-electron chi connectivity index (χ0n) is 16.0. The molecule has 0 aliphatic heterocycles. The molecule has 0 fully saturated rings. The number of hydrogen-bond acceptors (Lipinski definition) is 5.